The van der Waals surface area contributed by atoms with Crippen LogP contribution in [0.25, 0.3) is 0 Å². The van der Waals surface area contributed by atoms with Crippen molar-refractivity contribution in [1.29, 1.82) is 0 Å². The molecule has 0 spiro atoms. The SMILES string of the molecule is O=C(CN1CCN(c2ccccc2F)CC1)N1N=C(c2ccccc2Cl)C[C@@H]1c1cccc(F)c1. The minimum absolute atomic E-state index is 0.166. The van der Waals surface area contributed by atoms with Gasteiger partial charge < -0.3 is 4.90 Å². The van der Waals surface area contributed by atoms with E-state index in [1.807, 2.05) is 40.1 Å². The van der Waals surface area contributed by atoms with Crippen LogP contribution in [-0.2, 0) is 4.79 Å². The summed E-state index contributed by atoms with van der Waals surface area (Å²) in [7, 11) is 0. The maximum Gasteiger partial charge on any atom is 0.257 e. The van der Waals surface area contributed by atoms with Gasteiger partial charge in [0.15, 0.2) is 0 Å². The van der Waals surface area contributed by atoms with Gasteiger partial charge in [0, 0.05) is 43.2 Å². The van der Waals surface area contributed by atoms with Gasteiger partial charge in [-0.15, -0.1) is 0 Å². The van der Waals surface area contributed by atoms with Crippen molar-refractivity contribution in [1.82, 2.24) is 9.91 Å². The number of piperazine rings is 1. The molecule has 2 heterocycles. The summed E-state index contributed by atoms with van der Waals surface area (Å²) in [5, 5.41) is 6.68. The molecule has 8 heteroatoms. The van der Waals surface area contributed by atoms with Crippen molar-refractivity contribution in [2.75, 3.05) is 37.6 Å². The first-order valence-corrected chi connectivity index (χ1v) is 12.0. The second-order valence-electron chi connectivity index (χ2n) is 8.75. The van der Waals surface area contributed by atoms with Gasteiger partial charge >= 0.3 is 0 Å². The maximum absolute atomic E-state index is 14.2. The molecule has 3 aromatic rings. The van der Waals surface area contributed by atoms with E-state index in [1.165, 1.54) is 23.2 Å². The van der Waals surface area contributed by atoms with Crippen molar-refractivity contribution < 1.29 is 13.6 Å². The topological polar surface area (TPSA) is 39.2 Å². The summed E-state index contributed by atoms with van der Waals surface area (Å²) < 4.78 is 28.2. The van der Waals surface area contributed by atoms with Crippen molar-refractivity contribution in [2.45, 2.75) is 12.5 Å². The Labute approximate surface area is 208 Å². The number of rotatable bonds is 5. The van der Waals surface area contributed by atoms with Crippen LogP contribution in [-0.4, -0.2) is 54.3 Å². The van der Waals surface area contributed by atoms with Crippen molar-refractivity contribution in [3.8, 4) is 0 Å². The second kappa shape index (κ2) is 10.1. The predicted molar refractivity (Wildman–Crippen MR) is 134 cm³/mol. The Hall–Kier alpha value is -3.29. The molecule has 1 saturated heterocycles. The molecule has 1 amide bonds. The smallest absolute Gasteiger partial charge is 0.257 e. The first kappa shape index (κ1) is 23.5. The van der Waals surface area contributed by atoms with E-state index < -0.39 is 6.04 Å². The number of para-hydroxylation sites is 1. The molecule has 1 atom stereocenters. The van der Waals surface area contributed by atoms with Crippen molar-refractivity contribution >= 4 is 28.9 Å². The van der Waals surface area contributed by atoms with Crippen molar-refractivity contribution in [3.05, 3.63) is 101 Å². The predicted octanol–water partition coefficient (Wildman–Crippen LogP) is 5.12. The lowest BCUT2D eigenvalue weighted by Crippen LogP contribution is -2.49. The van der Waals surface area contributed by atoms with Crippen molar-refractivity contribution in [2.24, 2.45) is 5.10 Å². The lowest BCUT2D eigenvalue weighted by molar-refractivity contribution is -0.134. The summed E-state index contributed by atoms with van der Waals surface area (Å²) in [6, 6.07) is 20.0. The molecule has 35 heavy (non-hydrogen) atoms. The number of hydrogen-bond donors (Lipinski definition) is 0. The minimum atomic E-state index is -0.413. The molecule has 2 aliphatic rings. The second-order valence-corrected chi connectivity index (χ2v) is 9.16. The highest BCUT2D eigenvalue weighted by Crippen LogP contribution is 2.34. The molecule has 0 N–H and O–H groups in total. The fourth-order valence-corrected chi connectivity index (χ4v) is 4.94. The highest BCUT2D eigenvalue weighted by Gasteiger charge is 2.35. The quantitative estimate of drug-likeness (QED) is 0.494. The molecular formula is C27H25ClF2N4O. The monoisotopic (exact) mass is 494 g/mol. The number of hydrazone groups is 1. The van der Waals surface area contributed by atoms with Crippen LogP contribution < -0.4 is 4.90 Å². The fourth-order valence-electron chi connectivity index (χ4n) is 4.69. The minimum Gasteiger partial charge on any atom is -0.367 e. The Morgan fingerprint density at radius 3 is 2.43 bits per heavy atom. The van der Waals surface area contributed by atoms with Crippen LogP contribution >= 0.6 is 11.6 Å². The van der Waals surface area contributed by atoms with Gasteiger partial charge in [0.2, 0.25) is 0 Å². The number of carbonyl (C=O) groups excluding carboxylic acids is 1. The first-order chi connectivity index (χ1) is 17.0. The molecule has 2 aliphatic heterocycles. The van der Waals surface area contributed by atoms with E-state index in [0.29, 0.717) is 54.6 Å². The van der Waals surface area contributed by atoms with E-state index >= 15 is 0 Å². The molecule has 3 aromatic carbocycles. The standard InChI is InChI=1S/C27H25ClF2N4O/c28-22-9-2-1-8-21(22)24-17-26(19-6-5-7-20(29)16-19)34(31-24)27(35)18-32-12-14-33(15-13-32)25-11-4-3-10-23(25)30/h1-11,16,26H,12-15,17-18H2/t26-/m1/s1. The highest BCUT2D eigenvalue weighted by molar-refractivity contribution is 6.34. The van der Waals surface area contributed by atoms with Gasteiger partial charge in [-0.25, -0.2) is 13.8 Å². The third kappa shape index (κ3) is 5.06. The third-order valence-electron chi connectivity index (χ3n) is 6.51. The van der Waals surface area contributed by atoms with Gasteiger partial charge in [-0.1, -0.05) is 54.1 Å². The Bertz CT molecular complexity index is 1260. The Kier molecular flexibility index (Phi) is 6.79. The molecule has 5 nitrogen and oxygen atoms in total. The zero-order valence-corrected chi connectivity index (χ0v) is 19.8. The lowest BCUT2D eigenvalue weighted by atomic mass is 9.98. The summed E-state index contributed by atoms with van der Waals surface area (Å²) in [6.45, 7) is 2.67. The van der Waals surface area contributed by atoms with Crippen LogP contribution in [0.5, 0.6) is 0 Å². The summed E-state index contributed by atoms with van der Waals surface area (Å²) in [4.78, 5) is 17.5. The van der Waals surface area contributed by atoms with Crippen LogP contribution in [0.3, 0.4) is 0 Å². The number of hydrogen-bond acceptors (Lipinski definition) is 4. The van der Waals surface area contributed by atoms with Gasteiger partial charge in [-0.3, -0.25) is 9.69 Å². The van der Waals surface area contributed by atoms with Crippen LogP contribution in [0.4, 0.5) is 14.5 Å². The van der Waals surface area contributed by atoms with Crippen molar-refractivity contribution in [3.63, 3.8) is 0 Å². The molecular weight excluding hydrogens is 470 g/mol. The Balaban J connectivity index is 1.32. The van der Waals surface area contributed by atoms with Crippen LogP contribution in [0.2, 0.25) is 5.02 Å². The third-order valence-corrected chi connectivity index (χ3v) is 6.84. The number of amides is 1. The highest BCUT2D eigenvalue weighted by atomic mass is 35.5. The number of benzene rings is 3. The van der Waals surface area contributed by atoms with E-state index in [0.717, 1.165) is 5.56 Å². The molecule has 0 saturated carbocycles. The lowest BCUT2D eigenvalue weighted by Gasteiger charge is -2.36. The number of nitrogens with zero attached hydrogens (tertiary/aromatic N) is 4. The zero-order chi connectivity index (χ0) is 24.4. The van der Waals surface area contributed by atoms with E-state index in [-0.39, 0.29) is 24.1 Å². The molecule has 5 rings (SSSR count). The molecule has 0 radical (unpaired) electrons. The average molecular weight is 495 g/mol. The molecule has 0 bridgehead atoms. The maximum atomic E-state index is 14.2. The molecule has 1 fully saturated rings. The molecule has 0 aliphatic carbocycles. The van der Waals surface area contributed by atoms with Gasteiger partial charge in [0.1, 0.15) is 11.6 Å². The summed E-state index contributed by atoms with van der Waals surface area (Å²) in [5.41, 5.74) is 2.73. The Morgan fingerprint density at radius 1 is 0.943 bits per heavy atom. The molecule has 0 aromatic heterocycles. The van der Waals surface area contributed by atoms with E-state index in [2.05, 4.69) is 5.10 Å². The summed E-state index contributed by atoms with van der Waals surface area (Å²) >= 11 is 6.40. The van der Waals surface area contributed by atoms with E-state index in [1.54, 1.807) is 24.3 Å². The molecule has 180 valence electrons. The fraction of sp³-hybridized carbons (Fsp3) is 0.259. The van der Waals surface area contributed by atoms with E-state index in [4.69, 9.17) is 11.6 Å². The first-order valence-electron chi connectivity index (χ1n) is 11.6. The Morgan fingerprint density at radius 2 is 1.69 bits per heavy atom. The largest absolute Gasteiger partial charge is 0.367 e. The number of carbonyl (C=O) groups is 1. The summed E-state index contributed by atoms with van der Waals surface area (Å²) in [6.07, 6.45) is 0.444. The normalized spacial score (nSPS) is 18.6. The van der Waals surface area contributed by atoms with Gasteiger partial charge in [-0.2, -0.15) is 5.10 Å². The van der Waals surface area contributed by atoms with Gasteiger partial charge in [0.05, 0.1) is 24.0 Å². The van der Waals surface area contributed by atoms with E-state index in [9.17, 15) is 13.6 Å². The van der Waals surface area contributed by atoms with Gasteiger partial charge in [0.25, 0.3) is 5.91 Å². The summed E-state index contributed by atoms with van der Waals surface area (Å²) in [5.74, 6) is -0.764. The molecule has 0 unspecified atom stereocenters. The van der Waals surface area contributed by atoms with Crippen LogP contribution in [0.15, 0.2) is 77.9 Å². The van der Waals surface area contributed by atoms with Gasteiger partial charge in [-0.05, 0) is 35.9 Å². The number of halogens is 3. The van der Waals surface area contributed by atoms with Crippen LogP contribution in [0, 0.1) is 11.6 Å². The number of anilines is 1. The van der Waals surface area contributed by atoms with Crippen LogP contribution in [0.1, 0.15) is 23.6 Å². The zero-order valence-electron chi connectivity index (χ0n) is 19.1. The average Bonchev–Trinajstić information content (AvgIpc) is 3.31.